The molecule has 2 aromatic rings. The van der Waals surface area contributed by atoms with E-state index >= 15 is 0 Å². The fraction of sp³-hybridized carbons (Fsp3) is 0.385. The second kappa shape index (κ2) is 12.0. The lowest BCUT2D eigenvalue weighted by atomic mass is 10.0. The molecule has 1 saturated heterocycles. The van der Waals surface area contributed by atoms with Gasteiger partial charge < -0.3 is 24.8 Å². The highest BCUT2D eigenvalue weighted by molar-refractivity contribution is 6.30. The number of carbonyl (C=O) groups is 2. The molecule has 0 bridgehead atoms. The minimum Gasteiger partial charge on any atom is -0.479 e. The molecule has 9 heteroatoms. The molecule has 1 atom stereocenters. The fourth-order valence-electron chi connectivity index (χ4n) is 3.92. The number of benzene rings is 2. The van der Waals surface area contributed by atoms with Crippen molar-refractivity contribution in [1.29, 1.82) is 0 Å². The van der Waals surface area contributed by atoms with Crippen molar-refractivity contribution in [2.45, 2.75) is 45.3 Å². The van der Waals surface area contributed by atoms with Gasteiger partial charge in [-0.3, -0.25) is 4.79 Å². The standard InChI is InChI=1S/C26H30ClFN2O5/c1-16(2)15-30(20-8-10-34-11-9-20)24-7-6-21(35-17(3)26(32)33)14-23(24)29-25(31)12-18-4-5-19(27)13-22(18)28/h4-7,13-14,17,20H,1,8-12,15H2,2-3H3,(H,29,31)(H,32,33). The van der Waals surface area contributed by atoms with Crippen molar-refractivity contribution >= 4 is 34.9 Å². The monoisotopic (exact) mass is 504 g/mol. The van der Waals surface area contributed by atoms with Gasteiger partial charge in [0, 0.05) is 36.9 Å². The summed E-state index contributed by atoms with van der Waals surface area (Å²) in [5.41, 5.74) is 2.33. The lowest BCUT2D eigenvalue weighted by Gasteiger charge is -2.37. The third-order valence-corrected chi connectivity index (χ3v) is 5.89. The summed E-state index contributed by atoms with van der Waals surface area (Å²) in [5, 5.41) is 12.3. The van der Waals surface area contributed by atoms with Gasteiger partial charge in [-0.2, -0.15) is 0 Å². The number of anilines is 2. The summed E-state index contributed by atoms with van der Waals surface area (Å²) in [4.78, 5) is 26.4. The van der Waals surface area contributed by atoms with Gasteiger partial charge >= 0.3 is 5.97 Å². The highest BCUT2D eigenvalue weighted by Crippen LogP contribution is 2.34. The molecule has 35 heavy (non-hydrogen) atoms. The van der Waals surface area contributed by atoms with Gasteiger partial charge in [0.05, 0.1) is 17.8 Å². The van der Waals surface area contributed by atoms with Gasteiger partial charge in [-0.15, -0.1) is 0 Å². The molecule has 0 spiro atoms. The Morgan fingerprint density at radius 1 is 1.29 bits per heavy atom. The predicted octanol–water partition coefficient (Wildman–Crippen LogP) is 5.07. The number of hydrogen-bond acceptors (Lipinski definition) is 5. The molecule has 0 saturated carbocycles. The van der Waals surface area contributed by atoms with Gasteiger partial charge in [0.15, 0.2) is 6.10 Å². The number of amides is 1. The predicted molar refractivity (Wildman–Crippen MR) is 134 cm³/mol. The lowest BCUT2D eigenvalue weighted by molar-refractivity contribution is -0.144. The molecule has 3 rings (SSSR count). The summed E-state index contributed by atoms with van der Waals surface area (Å²) in [6, 6.07) is 9.39. The number of carboxylic acid groups (broad SMARTS) is 1. The maximum absolute atomic E-state index is 14.3. The molecule has 0 aromatic heterocycles. The van der Waals surface area contributed by atoms with Crippen LogP contribution in [-0.4, -0.2) is 48.9 Å². The van der Waals surface area contributed by atoms with Gasteiger partial charge in [-0.25, -0.2) is 9.18 Å². The zero-order valence-electron chi connectivity index (χ0n) is 19.9. The van der Waals surface area contributed by atoms with Crippen LogP contribution >= 0.6 is 11.6 Å². The van der Waals surface area contributed by atoms with Crippen LogP contribution in [0.15, 0.2) is 48.6 Å². The van der Waals surface area contributed by atoms with Crippen LogP contribution in [-0.2, 0) is 20.7 Å². The van der Waals surface area contributed by atoms with Crippen molar-refractivity contribution < 1.29 is 28.6 Å². The topological polar surface area (TPSA) is 88.1 Å². The Labute approximate surface area is 209 Å². The fourth-order valence-corrected chi connectivity index (χ4v) is 4.08. The summed E-state index contributed by atoms with van der Waals surface area (Å²) in [6.07, 6.45) is 0.349. The van der Waals surface area contributed by atoms with E-state index in [0.717, 1.165) is 30.2 Å². The molecule has 1 aliphatic rings. The molecule has 1 amide bonds. The zero-order chi connectivity index (χ0) is 25.5. The van der Waals surface area contributed by atoms with E-state index in [0.29, 0.717) is 31.2 Å². The van der Waals surface area contributed by atoms with E-state index in [4.69, 9.17) is 21.1 Å². The van der Waals surface area contributed by atoms with Crippen molar-refractivity contribution in [2.75, 3.05) is 30.0 Å². The summed E-state index contributed by atoms with van der Waals surface area (Å²) in [5.74, 6) is -1.81. The number of carboxylic acids is 1. The van der Waals surface area contributed by atoms with Crippen molar-refractivity contribution in [3.63, 3.8) is 0 Å². The largest absolute Gasteiger partial charge is 0.479 e. The van der Waals surface area contributed by atoms with Gasteiger partial charge in [0.1, 0.15) is 11.6 Å². The first-order chi connectivity index (χ1) is 16.6. The van der Waals surface area contributed by atoms with E-state index < -0.39 is 23.8 Å². The van der Waals surface area contributed by atoms with E-state index in [1.54, 1.807) is 18.2 Å². The minimum atomic E-state index is -1.11. The van der Waals surface area contributed by atoms with Gasteiger partial charge in [-0.1, -0.05) is 29.8 Å². The molecule has 1 aliphatic heterocycles. The first-order valence-corrected chi connectivity index (χ1v) is 11.8. The third-order valence-electron chi connectivity index (χ3n) is 5.65. The average Bonchev–Trinajstić information content (AvgIpc) is 2.80. The molecule has 0 radical (unpaired) electrons. The van der Waals surface area contributed by atoms with Crippen molar-refractivity contribution in [3.05, 3.63) is 65.0 Å². The van der Waals surface area contributed by atoms with Crippen LogP contribution < -0.4 is 15.0 Å². The summed E-state index contributed by atoms with van der Waals surface area (Å²) in [7, 11) is 0. The number of nitrogens with zero attached hydrogens (tertiary/aromatic N) is 1. The Bertz CT molecular complexity index is 1090. The number of halogens is 2. The highest BCUT2D eigenvalue weighted by Gasteiger charge is 2.25. The molecule has 2 aromatic carbocycles. The van der Waals surface area contributed by atoms with Crippen LogP contribution in [0.3, 0.4) is 0 Å². The highest BCUT2D eigenvalue weighted by atomic mass is 35.5. The van der Waals surface area contributed by atoms with Gasteiger partial charge in [-0.05, 0) is 56.5 Å². The Kier molecular flexibility index (Phi) is 9.12. The van der Waals surface area contributed by atoms with Crippen LogP contribution in [0.2, 0.25) is 5.02 Å². The number of aliphatic carboxylic acids is 1. The smallest absolute Gasteiger partial charge is 0.344 e. The van der Waals surface area contributed by atoms with Crippen molar-refractivity contribution in [3.8, 4) is 5.75 Å². The van der Waals surface area contributed by atoms with Crippen LogP contribution in [0.25, 0.3) is 0 Å². The van der Waals surface area contributed by atoms with E-state index in [-0.39, 0.29) is 23.0 Å². The van der Waals surface area contributed by atoms with Crippen LogP contribution in [0.5, 0.6) is 5.75 Å². The molecule has 2 N–H and O–H groups in total. The number of rotatable bonds is 10. The van der Waals surface area contributed by atoms with Crippen LogP contribution in [0.4, 0.5) is 15.8 Å². The molecular formula is C26H30ClFN2O5. The van der Waals surface area contributed by atoms with E-state index in [9.17, 15) is 19.1 Å². The molecular weight excluding hydrogens is 475 g/mol. The van der Waals surface area contributed by atoms with Crippen LogP contribution in [0.1, 0.15) is 32.3 Å². The SMILES string of the molecule is C=C(C)CN(c1ccc(OC(C)C(=O)O)cc1NC(=O)Cc1ccc(Cl)cc1F)C1CCOCC1. The summed E-state index contributed by atoms with van der Waals surface area (Å²) >= 11 is 5.82. The number of ether oxygens (including phenoxy) is 2. The van der Waals surface area contributed by atoms with Gasteiger partial charge in [0.25, 0.3) is 0 Å². The van der Waals surface area contributed by atoms with E-state index in [2.05, 4.69) is 16.8 Å². The van der Waals surface area contributed by atoms with Crippen molar-refractivity contribution in [2.24, 2.45) is 0 Å². The Morgan fingerprint density at radius 3 is 2.63 bits per heavy atom. The summed E-state index contributed by atoms with van der Waals surface area (Å²) in [6.45, 7) is 9.23. The lowest BCUT2D eigenvalue weighted by Crippen LogP contribution is -2.41. The van der Waals surface area contributed by atoms with E-state index in [1.165, 1.54) is 19.1 Å². The minimum absolute atomic E-state index is 0.162. The zero-order valence-corrected chi connectivity index (χ0v) is 20.6. The normalized spacial score (nSPS) is 14.7. The first-order valence-electron chi connectivity index (χ1n) is 11.4. The molecule has 0 aliphatic carbocycles. The summed E-state index contributed by atoms with van der Waals surface area (Å²) < 4.78 is 25.3. The third kappa shape index (κ3) is 7.44. The second-order valence-corrected chi connectivity index (χ2v) is 9.10. The molecule has 1 heterocycles. The molecule has 1 fully saturated rings. The average molecular weight is 505 g/mol. The Morgan fingerprint density at radius 2 is 2.00 bits per heavy atom. The molecule has 188 valence electrons. The second-order valence-electron chi connectivity index (χ2n) is 8.67. The Hall–Kier alpha value is -3.10. The maximum atomic E-state index is 14.3. The molecule has 1 unspecified atom stereocenters. The molecule has 7 nitrogen and oxygen atoms in total. The number of carbonyl (C=O) groups excluding carboxylic acids is 1. The Balaban J connectivity index is 1.94. The van der Waals surface area contributed by atoms with Gasteiger partial charge in [0.2, 0.25) is 5.91 Å². The quantitative estimate of drug-likeness (QED) is 0.439. The maximum Gasteiger partial charge on any atom is 0.344 e. The van der Waals surface area contributed by atoms with Crippen molar-refractivity contribution in [1.82, 2.24) is 0 Å². The number of nitrogens with one attached hydrogen (secondary N) is 1. The van der Waals surface area contributed by atoms with E-state index in [1.807, 2.05) is 6.92 Å². The number of hydrogen-bond donors (Lipinski definition) is 2. The van der Waals surface area contributed by atoms with Crippen LogP contribution in [0, 0.1) is 5.82 Å². The first kappa shape index (κ1) is 26.5.